The number of para-hydroxylation sites is 1. The molecule has 2 aliphatic heterocycles. The van der Waals surface area contributed by atoms with Crippen LogP contribution in [0.15, 0.2) is 36.3 Å². The van der Waals surface area contributed by atoms with Crippen LogP contribution < -0.4 is 10.2 Å². The molecule has 2 N–H and O–H groups in total. The number of nitrogens with zero attached hydrogens (tertiary/aromatic N) is 1. The molecule has 0 atom stereocenters. The fourth-order valence-corrected chi connectivity index (χ4v) is 3.01. The van der Waals surface area contributed by atoms with Crippen molar-refractivity contribution in [1.82, 2.24) is 4.90 Å². The smallest absolute Gasteiger partial charge is 0.292 e. The van der Waals surface area contributed by atoms with Gasteiger partial charge in [-0.3, -0.25) is 9.59 Å². The summed E-state index contributed by atoms with van der Waals surface area (Å²) in [4.78, 5) is 27.3. The van der Waals surface area contributed by atoms with Gasteiger partial charge in [0.25, 0.3) is 11.8 Å². The molecule has 8 heteroatoms. The van der Waals surface area contributed by atoms with Crippen LogP contribution in [0, 0.1) is 0 Å². The first-order valence-electron chi connectivity index (χ1n) is 8.25. The minimum Gasteiger partial charge on any atom is -0.494 e. The number of piperazine rings is 1. The van der Waals surface area contributed by atoms with Crippen LogP contribution in [-0.4, -0.2) is 62.7 Å². The number of hydrogen-bond acceptors (Lipinski definition) is 4. The van der Waals surface area contributed by atoms with Gasteiger partial charge in [0.1, 0.15) is 19.5 Å². The van der Waals surface area contributed by atoms with E-state index in [1.807, 2.05) is 12.1 Å². The molecule has 2 heterocycles. The van der Waals surface area contributed by atoms with Crippen molar-refractivity contribution in [3.05, 3.63) is 41.3 Å². The van der Waals surface area contributed by atoms with E-state index in [9.17, 15) is 9.59 Å². The molecule has 0 unspecified atom stereocenters. The van der Waals surface area contributed by atoms with Gasteiger partial charge in [-0.2, -0.15) is 0 Å². The van der Waals surface area contributed by atoms with Crippen molar-refractivity contribution in [3.8, 4) is 0 Å². The predicted molar refractivity (Wildman–Crippen MR) is 92.2 cm³/mol. The topological polar surface area (TPSA) is 72.3 Å². The average Bonchev–Trinajstić information content (AvgIpc) is 2.64. The van der Waals surface area contributed by atoms with E-state index in [0.29, 0.717) is 56.6 Å². The van der Waals surface area contributed by atoms with E-state index in [1.165, 1.54) is 6.26 Å². The molecule has 3 rings (SSSR count). The molecule has 1 saturated heterocycles. The summed E-state index contributed by atoms with van der Waals surface area (Å²) in [6, 6.07) is 7.15. The van der Waals surface area contributed by atoms with Crippen molar-refractivity contribution >= 4 is 29.1 Å². The van der Waals surface area contributed by atoms with Crippen LogP contribution in [0.25, 0.3) is 0 Å². The van der Waals surface area contributed by atoms with Gasteiger partial charge in [-0.25, -0.2) is 0 Å². The molecule has 2 amide bonds. The van der Waals surface area contributed by atoms with Crippen molar-refractivity contribution in [2.24, 2.45) is 0 Å². The van der Waals surface area contributed by atoms with Gasteiger partial charge < -0.3 is 24.6 Å². The SMILES string of the molecule is O=C(C[NH+]1CCN(C(=O)C2=COCCO2)CC1)Nc1ccccc1Cl. The van der Waals surface area contributed by atoms with Crippen molar-refractivity contribution in [1.29, 1.82) is 0 Å². The number of nitrogens with one attached hydrogen (secondary N) is 2. The minimum absolute atomic E-state index is 0.0883. The van der Waals surface area contributed by atoms with E-state index >= 15 is 0 Å². The predicted octanol–water partition coefficient (Wildman–Crippen LogP) is -0.106. The maximum atomic E-state index is 12.3. The number of amides is 2. The normalized spacial score (nSPS) is 18.0. The Morgan fingerprint density at radius 1 is 1.20 bits per heavy atom. The number of benzene rings is 1. The molecule has 1 aromatic rings. The number of carbonyl (C=O) groups is 2. The highest BCUT2D eigenvalue weighted by Crippen LogP contribution is 2.19. The summed E-state index contributed by atoms with van der Waals surface area (Å²) >= 11 is 6.05. The first-order valence-corrected chi connectivity index (χ1v) is 8.63. The molecular weight excluding hydrogens is 346 g/mol. The summed E-state index contributed by atoms with van der Waals surface area (Å²) in [6.07, 6.45) is 1.38. The second-order valence-corrected chi connectivity index (χ2v) is 6.36. The van der Waals surface area contributed by atoms with Crippen molar-refractivity contribution < 1.29 is 24.0 Å². The molecule has 7 nitrogen and oxygen atoms in total. The highest BCUT2D eigenvalue weighted by Gasteiger charge is 2.28. The lowest BCUT2D eigenvalue weighted by atomic mass is 10.2. The maximum Gasteiger partial charge on any atom is 0.292 e. The second-order valence-electron chi connectivity index (χ2n) is 5.95. The summed E-state index contributed by atoms with van der Waals surface area (Å²) in [6.45, 7) is 3.77. The van der Waals surface area contributed by atoms with Gasteiger partial charge in [0.2, 0.25) is 5.76 Å². The Labute approximate surface area is 151 Å². The summed E-state index contributed by atoms with van der Waals surface area (Å²) in [5, 5.41) is 3.34. The van der Waals surface area contributed by atoms with Crippen LogP contribution >= 0.6 is 11.6 Å². The summed E-state index contributed by atoms with van der Waals surface area (Å²) in [5.74, 6) is 0.0139. The molecule has 0 saturated carbocycles. The lowest BCUT2D eigenvalue weighted by Crippen LogP contribution is -3.15. The van der Waals surface area contributed by atoms with E-state index < -0.39 is 0 Å². The lowest BCUT2D eigenvalue weighted by Gasteiger charge is -2.32. The second kappa shape index (κ2) is 8.22. The quantitative estimate of drug-likeness (QED) is 0.780. The van der Waals surface area contributed by atoms with Crippen LogP contribution in [0.1, 0.15) is 0 Å². The van der Waals surface area contributed by atoms with E-state index in [2.05, 4.69) is 5.32 Å². The van der Waals surface area contributed by atoms with Gasteiger partial charge in [0.15, 0.2) is 6.54 Å². The third-order valence-electron chi connectivity index (χ3n) is 4.18. The molecule has 0 bridgehead atoms. The van der Waals surface area contributed by atoms with Crippen molar-refractivity contribution in [2.45, 2.75) is 0 Å². The zero-order chi connectivity index (χ0) is 17.6. The van der Waals surface area contributed by atoms with E-state index in [1.54, 1.807) is 17.0 Å². The van der Waals surface area contributed by atoms with Gasteiger partial charge >= 0.3 is 0 Å². The molecule has 0 aromatic heterocycles. The number of carbonyl (C=O) groups excluding carboxylic acids is 2. The Morgan fingerprint density at radius 3 is 2.64 bits per heavy atom. The van der Waals surface area contributed by atoms with Gasteiger partial charge in [0, 0.05) is 0 Å². The fraction of sp³-hybridized carbons (Fsp3) is 0.412. The Balaban J connectivity index is 1.46. The first-order chi connectivity index (χ1) is 12.1. The third-order valence-corrected chi connectivity index (χ3v) is 4.51. The third kappa shape index (κ3) is 4.64. The molecule has 0 radical (unpaired) electrons. The number of rotatable bonds is 4. The van der Waals surface area contributed by atoms with Crippen molar-refractivity contribution in [2.75, 3.05) is 51.3 Å². The standard InChI is InChI=1S/C17H20ClN3O4/c18-13-3-1-2-4-14(13)19-16(22)11-20-5-7-21(8-6-20)17(23)15-12-24-9-10-25-15/h1-4,12H,5-11H2,(H,19,22)/p+1. The van der Waals surface area contributed by atoms with Crippen molar-refractivity contribution in [3.63, 3.8) is 0 Å². The highest BCUT2D eigenvalue weighted by atomic mass is 35.5. The van der Waals surface area contributed by atoms with Gasteiger partial charge in [-0.15, -0.1) is 0 Å². The van der Waals surface area contributed by atoms with Crippen LogP contribution in [-0.2, 0) is 19.1 Å². The zero-order valence-corrected chi connectivity index (χ0v) is 14.6. The monoisotopic (exact) mass is 366 g/mol. The Bertz CT molecular complexity index is 672. The molecule has 0 aliphatic carbocycles. The van der Waals surface area contributed by atoms with Crippen LogP contribution in [0.3, 0.4) is 0 Å². The molecule has 25 heavy (non-hydrogen) atoms. The van der Waals surface area contributed by atoms with E-state index in [4.69, 9.17) is 21.1 Å². The van der Waals surface area contributed by atoms with E-state index in [-0.39, 0.29) is 17.6 Å². The number of hydrogen-bond donors (Lipinski definition) is 2. The molecule has 134 valence electrons. The summed E-state index contributed by atoms with van der Waals surface area (Å²) in [5.41, 5.74) is 0.615. The fourth-order valence-electron chi connectivity index (χ4n) is 2.82. The molecule has 1 fully saturated rings. The zero-order valence-electron chi connectivity index (χ0n) is 13.8. The van der Waals surface area contributed by atoms with Crippen LogP contribution in [0.2, 0.25) is 5.02 Å². The Kier molecular flexibility index (Phi) is 5.78. The molecule has 0 spiro atoms. The number of halogens is 1. The first kappa shape index (κ1) is 17.6. The Morgan fingerprint density at radius 2 is 1.96 bits per heavy atom. The molecular formula is C17H21ClN3O4+. The average molecular weight is 367 g/mol. The van der Waals surface area contributed by atoms with Gasteiger partial charge in [-0.05, 0) is 12.1 Å². The molecule has 1 aromatic carbocycles. The van der Waals surface area contributed by atoms with Crippen LogP contribution in [0.4, 0.5) is 5.69 Å². The molecule has 2 aliphatic rings. The largest absolute Gasteiger partial charge is 0.494 e. The van der Waals surface area contributed by atoms with Gasteiger partial charge in [0.05, 0.1) is 36.9 Å². The number of anilines is 1. The van der Waals surface area contributed by atoms with Gasteiger partial charge in [-0.1, -0.05) is 23.7 Å². The van der Waals surface area contributed by atoms with Crippen LogP contribution in [0.5, 0.6) is 0 Å². The lowest BCUT2D eigenvalue weighted by molar-refractivity contribution is -0.895. The van der Waals surface area contributed by atoms with E-state index in [0.717, 1.165) is 4.90 Å². The summed E-state index contributed by atoms with van der Waals surface area (Å²) < 4.78 is 10.5. The maximum absolute atomic E-state index is 12.3. The summed E-state index contributed by atoms with van der Waals surface area (Å²) in [7, 11) is 0. The number of ether oxygens (including phenoxy) is 2. The number of quaternary nitrogens is 1. The minimum atomic E-state index is -0.153. The highest BCUT2D eigenvalue weighted by molar-refractivity contribution is 6.33. The Hall–Kier alpha value is -2.25.